The number of likely N-dealkylation sites (tertiary alicyclic amines) is 1. The van der Waals surface area contributed by atoms with E-state index in [0.717, 1.165) is 30.6 Å². The fraction of sp³-hybridized carbons (Fsp3) is 0.333. The number of nitrogens with zero attached hydrogens (tertiary/aromatic N) is 3. The van der Waals surface area contributed by atoms with Crippen LogP contribution in [0.1, 0.15) is 35.2 Å². The third-order valence-electron chi connectivity index (χ3n) is 5.19. The molecule has 4 rings (SSSR count). The maximum absolute atomic E-state index is 5.71. The van der Waals surface area contributed by atoms with Crippen molar-refractivity contribution in [3.8, 4) is 5.88 Å². The first-order valence-corrected chi connectivity index (χ1v) is 10.1. The fourth-order valence-corrected chi connectivity index (χ4v) is 3.64. The van der Waals surface area contributed by atoms with Gasteiger partial charge in [0.2, 0.25) is 5.88 Å². The highest BCUT2D eigenvalue weighted by atomic mass is 16.5. The fourth-order valence-electron chi connectivity index (χ4n) is 3.64. The molecular formula is C24H27N3O. The van der Waals surface area contributed by atoms with Crippen molar-refractivity contribution in [2.24, 2.45) is 0 Å². The summed E-state index contributed by atoms with van der Waals surface area (Å²) in [5, 5.41) is 8.54. The van der Waals surface area contributed by atoms with Crippen molar-refractivity contribution in [3.05, 3.63) is 89.1 Å². The quantitative estimate of drug-likeness (QED) is 0.585. The van der Waals surface area contributed by atoms with Gasteiger partial charge in [0.1, 0.15) is 6.61 Å². The topological polar surface area (TPSA) is 38.2 Å². The van der Waals surface area contributed by atoms with Crippen LogP contribution in [0, 0.1) is 0 Å². The molecule has 0 radical (unpaired) electrons. The molecule has 0 bridgehead atoms. The monoisotopic (exact) mass is 373 g/mol. The van der Waals surface area contributed by atoms with Gasteiger partial charge in [0.15, 0.2) is 0 Å². The van der Waals surface area contributed by atoms with Crippen molar-refractivity contribution < 1.29 is 4.74 Å². The number of benzene rings is 2. The maximum atomic E-state index is 5.71. The molecular weight excluding hydrogens is 346 g/mol. The van der Waals surface area contributed by atoms with Gasteiger partial charge in [-0.3, -0.25) is 4.90 Å². The molecule has 28 heavy (non-hydrogen) atoms. The van der Waals surface area contributed by atoms with Crippen molar-refractivity contribution in [2.75, 3.05) is 13.1 Å². The van der Waals surface area contributed by atoms with E-state index in [1.807, 2.05) is 42.5 Å². The lowest BCUT2D eigenvalue weighted by Gasteiger charge is -2.15. The van der Waals surface area contributed by atoms with Crippen LogP contribution in [0.5, 0.6) is 5.88 Å². The van der Waals surface area contributed by atoms with Crippen molar-refractivity contribution in [3.63, 3.8) is 0 Å². The van der Waals surface area contributed by atoms with Crippen LogP contribution >= 0.6 is 0 Å². The summed E-state index contributed by atoms with van der Waals surface area (Å²) in [5.41, 5.74) is 4.90. The molecule has 0 saturated carbocycles. The van der Waals surface area contributed by atoms with Gasteiger partial charge in [-0.25, -0.2) is 0 Å². The summed E-state index contributed by atoms with van der Waals surface area (Å²) in [6, 6.07) is 23.0. The van der Waals surface area contributed by atoms with Crippen LogP contribution in [-0.4, -0.2) is 28.2 Å². The Bertz CT molecular complexity index is 859. The molecule has 2 heterocycles. The largest absolute Gasteiger partial charge is 0.472 e. The summed E-state index contributed by atoms with van der Waals surface area (Å²) in [4.78, 5) is 2.54. The molecule has 0 spiro atoms. The van der Waals surface area contributed by atoms with E-state index in [4.69, 9.17) is 4.74 Å². The van der Waals surface area contributed by atoms with Gasteiger partial charge in [0, 0.05) is 12.6 Å². The third-order valence-corrected chi connectivity index (χ3v) is 5.19. The average Bonchev–Trinajstić information content (AvgIpc) is 3.26. The number of aryl methyl sites for hydroxylation is 2. The molecule has 0 N–H and O–H groups in total. The molecule has 1 aliphatic heterocycles. The molecule has 0 atom stereocenters. The summed E-state index contributed by atoms with van der Waals surface area (Å²) < 4.78 is 5.71. The Morgan fingerprint density at radius 3 is 2.32 bits per heavy atom. The second-order valence-corrected chi connectivity index (χ2v) is 7.44. The highest BCUT2D eigenvalue weighted by molar-refractivity contribution is 5.25. The first-order valence-electron chi connectivity index (χ1n) is 10.1. The third kappa shape index (κ3) is 5.40. The molecule has 0 amide bonds. The summed E-state index contributed by atoms with van der Waals surface area (Å²) in [6.45, 7) is 4.05. The van der Waals surface area contributed by atoms with E-state index >= 15 is 0 Å². The number of hydrogen-bond acceptors (Lipinski definition) is 4. The molecule has 1 aromatic heterocycles. The predicted octanol–water partition coefficient (Wildman–Crippen LogP) is 4.44. The van der Waals surface area contributed by atoms with Crippen LogP contribution in [0.2, 0.25) is 0 Å². The Hall–Kier alpha value is -2.72. The maximum Gasteiger partial charge on any atom is 0.233 e. The zero-order valence-corrected chi connectivity index (χ0v) is 16.3. The standard InChI is InChI=1S/C24H27N3O/c1-2-7-21(8-3-1)19-28-24-14-13-23(25-26-24)12-11-20-9-6-10-22(17-20)18-27-15-4-5-16-27/h1-3,6-10,13-14,17H,4-5,11-12,15-16,18-19H2. The molecule has 0 unspecified atom stereocenters. The Kier molecular flexibility index (Phi) is 6.30. The first-order chi connectivity index (χ1) is 13.8. The lowest BCUT2D eigenvalue weighted by Crippen LogP contribution is -2.18. The van der Waals surface area contributed by atoms with Crippen molar-refractivity contribution >= 4 is 0 Å². The van der Waals surface area contributed by atoms with Crippen molar-refractivity contribution in [1.82, 2.24) is 15.1 Å². The Labute approximate surface area is 167 Å². The van der Waals surface area contributed by atoms with Gasteiger partial charge in [-0.15, -0.1) is 5.10 Å². The van der Waals surface area contributed by atoms with Gasteiger partial charge in [0.05, 0.1) is 5.69 Å². The van der Waals surface area contributed by atoms with E-state index in [9.17, 15) is 0 Å². The summed E-state index contributed by atoms with van der Waals surface area (Å²) in [5.74, 6) is 0.570. The lowest BCUT2D eigenvalue weighted by molar-refractivity contribution is 0.290. The summed E-state index contributed by atoms with van der Waals surface area (Å²) >= 11 is 0. The minimum absolute atomic E-state index is 0.513. The number of ether oxygens (including phenoxy) is 1. The second-order valence-electron chi connectivity index (χ2n) is 7.44. The lowest BCUT2D eigenvalue weighted by atomic mass is 10.0. The minimum Gasteiger partial charge on any atom is -0.472 e. The molecule has 4 heteroatoms. The van der Waals surface area contributed by atoms with Crippen LogP contribution < -0.4 is 4.74 Å². The molecule has 1 fully saturated rings. The van der Waals surface area contributed by atoms with Gasteiger partial charge in [-0.05, 0) is 61.5 Å². The van der Waals surface area contributed by atoms with Crippen molar-refractivity contribution in [1.29, 1.82) is 0 Å². The normalized spacial score (nSPS) is 14.3. The molecule has 3 aromatic rings. The predicted molar refractivity (Wildman–Crippen MR) is 111 cm³/mol. The van der Waals surface area contributed by atoms with Gasteiger partial charge in [-0.1, -0.05) is 54.6 Å². The molecule has 144 valence electrons. The zero-order valence-electron chi connectivity index (χ0n) is 16.3. The van der Waals surface area contributed by atoms with Crippen LogP contribution in [0.4, 0.5) is 0 Å². The SMILES string of the molecule is c1ccc(COc2ccc(CCc3cccc(CN4CCCC4)c3)nn2)cc1. The smallest absolute Gasteiger partial charge is 0.233 e. The first kappa shape index (κ1) is 18.6. The van der Waals surface area contributed by atoms with E-state index in [-0.39, 0.29) is 0 Å². The van der Waals surface area contributed by atoms with Crippen LogP contribution in [-0.2, 0) is 26.0 Å². The highest BCUT2D eigenvalue weighted by Crippen LogP contribution is 2.15. The Balaban J connectivity index is 1.27. The van der Waals surface area contributed by atoms with Crippen LogP contribution in [0.25, 0.3) is 0 Å². The average molecular weight is 374 g/mol. The number of rotatable bonds is 8. The minimum atomic E-state index is 0.513. The zero-order chi connectivity index (χ0) is 19.0. The number of hydrogen-bond donors (Lipinski definition) is 0. The van der Waals surface area contributed by atoms with Gasteiger partial charge in [-0.2, -0.15) is 5.10 Å². The van der Waals surface area contributed by atoms with E-state index in [1.165, 1.54) is 37.1 Å². The Morgan fingerprint density at radius 1 is 0.750 bits per heavy atom. The molecule has 1 aliphatic rings. The molecule has 2 aromatic carbocycles. The van der Waals surface area contributed by atoms with Crippen LogP contribution in [0.15, 0.2) is 66.7 Å². The summed E-state index contributed by atoms with van der Waals surface area (Å²) in [7, 11) is 0. The summed E-state index contributed by atoms with van der Waals surface area (Å²) in [6.07, 6.45) is 4.54. The van der Waals surface area contributed by atoms with E-state index in [1.54, 1.807) is 0 Å². The van der Waals surface area contributed by atoms with E-state index < -0.39 is 0 Å². The molecule has 1 saturated heterocycles. The highest BCUT2D eigenvalue weighted by Gasteiger charge is 2.11. The van der Waals surface area contributed by atoms with Crippen molar-refractivity contribution in [2.45, 2.75) is 38.8 Å². The molecule has 4 nitrogen and oxygen atoms in total. The van der Waals surface area contributed by atoms with Crippen LogP contribution in [0.3, 0.4) is 0 Å². The van der Waals surface area contributed by atoms with Gasteiger partial charge >= 0.3 is 0 Å². The van der Waals surface area contributed by atoms with Gasteiger partial charge in [0.25, 0.3) is 0 Å². The Morgan fingerprint density at radius 2 is 1.54 bits per heavy atom. The molecule has 0 aliphatic carbocycles. The van der Waals surface area contributed by atoms with Gasteiger partial charge < -0.3 is 4.74 Å². The van der Waals surface area contributed by atoms with E-state index in [2.05, 4.69) is 39.4 Å². The second kappa shape index (κ2) is 9.47. The van der Waals surface area contributed by atoms with E-state index in [0.29, 0.717) is 12.5 Å². The number of aromatic nitrogens is 2.